The Kier molecular flexibility index (Phi) is 4.25. The number of ether oxygens (including phenoxy) is 2. The van der Waals surface area contributed by atoms with Gasteiger partial charge in [-0.15, -0.1) is 0 Å². The molecule has 0 fully saturated rings. The first-order chi connectivity index (χ1) is 11.2. The van der Waals surface area contributed by atoms with Gasteiger partial charge in [0.05, 0.1) is 20.3 Å². The zero-order valence-corrected chi connectivity index (χ0v) is 13.0. The lowest BCUT2D eigenvalue weighted by atomic mass is 10.1. The molecule has 0 unspecified atom stereocenters. The molecule has 3 N–H and O–H groups in total. The van der Waals surface area contributed by atoms with Gasteiger partial charge in [-0.2, -0.15) is 5.10 Å². The molecular formula is C17H18N4O2. The lowest BCUT2D eigenvalue weighted by Gasteiger charge is -2.09. The maximum absolute atomic E-state index is 6.27. The number of benzene rings is 2. The Balaban J connectivity index is 1.85. The molecule has 3 rings (SSSR count). The van der Waals surface area contributed by atoms with E-state index in [9.17, 15) is 0 Å². The molecule has 6 heteroatoms. The van der Waals surface area contributed by atoms with Crippen molar-refractivity contribution in [2.24, 2.45) is 5.73 Å². The molecule has 0 amide bonds. The van der Waals surface area contributed by atoms with Crippen LogP contribution in [0.25, 0.3) is 11.4 Å². The first kappa shape index (κ1) is 15.1. The van der Waals surface area contributed by atoms with Gasteiger partial charge >= 0.3 is 0 Å². The van der Waals surface area contributed by atoms with Crippen LogP contribution >= 0.6 is 0 Å². The highest BCUT2D eigenvalue weighted by molar-refractivity contribution is 5.56. The Morgan fingerprint density at radius 3 is 2.43 bits per heavy atom. The third-order valence-electron chi connectivity index (χ3n) is 3.60. The molecule has 3 aromatic rings. The van der Waals surface area contributed by atoms with Gasteiger partial charge in [0, 0.05) is 5.56 Å². The minimum absolute atomic E-state index is 0.399. The fourth-order valence-corrected chi connectivity index (χ4v) is 2.28. The van der Waals surface area contributed by atoms with E-state index in [1.807, 2.05) is 48.5 Å². The SMILES string of the molecule is COc1ccc(-c2n[nH]c([C@H](N)c3cccc(OC)c3)n2)cc1. The van der Waals surface area contributed by atoms with Gasteiger partial charge in [0.15, 0.2) is 5.82 Å². The number of rotatable bonds is 5. The van der Waals surface area contributed by atoms with Crippen LogP contribution in [0.1, 0.15) is 17.4 Å². The van der Waals surface area contributed by atoms with Crippen molar-refractivity contribution < 1.29 is 9.47 Å². The van der Waals surface area contributed by atoms with Crippen molar-refractivity contribution in [2.75, 3.05) is 14.2 Å². The minimum atomic E-state index is -0.399. The lowest BCUT2D eigenvalue weighted by Crippen LogP contribution is -2.13. The van der Waals surface area contributed by atoms with Gasteiger partial charge in [-0.3, -0.25) is 5.10 Å². The Morgan fingerprint density at radius 1 is 1.00 bits per heavy atom. The van der Waals surface area contributed by atoms with E-state index in [1.165, 1.54) is 0 Å². The molecule has 2 aromatic carbocycles. The summed E-state index contributed by atoms with van der Waals surface area (Å²) in [5.41, 5.74) is 8.07. The van der Waals surface area contributed by atoms with Crippen molar-refractivity contribution in [1.29, 1.82) is 0 Å². The summed E-state index contributed by atoms with van der Waals surface area (Å²) < 4.78 is 10.4. The van der Waals surface area contributed by atoms with Crippen LogP contribution in [-0.2, 0) is 0 Å². The highest BCUT2D eigenvalue weighted by atomic mass is 16.5. The molecule has 23 heavy (non-hydrogen) atoms. The van der Waals surface area contributed by atoms with Crippen molar-refractivity contribution in [3.8, 4) is 22.9 Å². The molecule has 0 spiro atoms. The Bertz CT molecular complexity index is 783. The third kappa shape index (κ3) is 3.17. The molecule has 0 aliphatic heterocycles. The number of nitrogens with two attached hydrogens (primary N) is 1. The minimum Gasteiger partial charge on any atom is -0.497 e. The molecule has 0 saturated heterocycles. The fourth-order valence-electron chi connectivity index (χ4n) is 2.28. The van der Waals surface area contributed by atoms with Gasteiger partial charge in [0.2, 0.25) is 0 Å². The van der Waals surface area contributed by atoms with Gasteiger partial charge < -0.3 is 15.2 Å². The summed E-state index contributed by atoms with van der Waals surface area (Å²) in [6.07, 6.45) is 0. The van der Waals surface area contributed by atoms with Crippen LogP contribution in [0.4, 0.5) is 0 Å². The van der Waals surface area contributed by atoms with Crippen molar-refractivity contribution in [1.82, 2.24) is 15.2 Å². The second kappa shape index (κ2) is 6.50. The summed E-state index contributed by atoms with van der Waals surface area (Å²) in [4.78, 5) is 4.49. The first-order valence-corrected chi connectivity index (χ1v) is 7.17. The Hall–Kier alpha value is -2.86. The second-order valence-electron chi connectivity index (χ2n) is 5.03. The van der Waals surface area contributed by atoms with E-state index in [0.717, 1.165) is 22.6 Å². The first-order valence-electron chi connectivity index (χ1n) is 7.17. The smallest absolute Gasteiger partial charge is 0.181 e. The van der Waals surface area contributed by atoms with Crippen molar-refractivity contribution in [3.63, 3.8) is 0 Å². The third-order valence-corrected chi connectivity index (χ3v) is 3.60. The molecule has 0 radical (unpaired) electrons. The number of aromatic amines is 1. The summed E-state index contributed by atoms with van der Waals surface area (Å²) >= 11 is 0. The van der Waals surface area contributed by atoms with Crippen LogP contribution in [0.2, 0.25) is 0 Å². The maximum atomic E-state index is 6.27. The Morgan fingerprint density at radius 2 is 1.74 bits per heavy atom. The molecule has 0 bridgehead atoms. The van der Waals surface area contributed by atoms with Crippen LogP contribution in [0.15, 0.2) is 48.5 Å². The van der Waals surface area contributed by atoms with Crippen molar-refractivity contribution >= 4 is 0 Å². The molecule has 118 valence electrons. The standard InChI is InChI=1S/C17H18N4O2/c1-22-13-8-6-11(7-9-13)16-19-17(21-20-16)15(18)12-4-3-5-14(10-12)23-2/h3-10,15H,18H2,1-2H3,(H,19,20,21)/t15-/m1/s1. The van der Waals surface area contributed by atoms with Gasteiger partial charge in [-0.05, 0) is 42.0 Å². The van der Waals surface area contributed by atoms with Crippen molar-refractivity contribution in [3.05, 3.63) is 59.9 Å². The van der Waals surface area contributed by atoms with Crippen LogP contribution < -0.4 is 15.2 Å². The highest BCUT2D eigenvalue weighted by Crippen LogP contribution is 2.24. The van der Waals surface area contributed by atoms with E-state index in [0.29, 0.717) is 11.6 Å². The van der Waals surface area contributed by atoms with Gasteiger partial charge in [0.1, 0.15) is 17.3 Å². The number of nitrogens with zero attached hydrogens (tertiary/aromatic N) is 2. The molecular weight excluding hydrogens is 292 g/mol. The molecule has 0 aliphatic carbocycles. The van der Waals surface area contributed by atoms with E-state index in [2.05, 4.69) is 15.2 Å². The molecule has 1 atom stereocenters. The summed E-state index contributed by atoms with van der Waals surface area (Å²) in [5, 5.41) is 7.15. The monoisotopic (exact) mass is 310 g/mol. The Labute approximate surface area is 134 Å². The number of methoxy groups -OCH3 is 2. The normalized spacial score (nSPS) is 12.0. The molecule has 1 aromatic heterocycles. The molecule has 6 nitrogen and oxygen atoms in total. The van der Waals surface area contributed by atoms with Crippen molar-refractivity contribution in [2.45, 2.75) is 6.04 Å². The maximum Gasteiger partial charge on any atom is 0.181 e. The molecule has 0 aliphatic rings. The quantitative estimate of drug-likeness (QED) is 0.756. The number of nitrogens with one attached hydrogen (secondary N) is 1. The number of hydrogen-bond donors (Lipinski definition) is 2. The number of hydrogen-bond acceptors (Lipinski definition) is 5. The summed E-state index contributed by atoms with van der Waals surface area (Å²) in [6, 6.07) is 14.7. The van der Waals surface area contributed by atoms with Crippen LogP contribution in [0, 0.1) is 0 Å². The zero-order chi connectivity index (χ0) is 16.2. The predicted molar refractivity (Wildman–Crippen MR) is 87.4 cm³/mol. The lowest BCUT2D eigenvalue weighted by molar-refractivity contribution is 0.414. The van der Waals surface area contributed by atoms with Gasteiger partial charge in [-0.1, -0.05) is 12.1 Å². The second-order valence-corrected chi connectivity index (χ2v) is 5.03. The average Bonchev–Trinajstić information content (AvgIpc) is 3.11. The summed E-state index contributed by atoms with van der Waals surface area (Å²) in [6.45, 7) is 0. The van der Waals surface area contributed by atoms with E-state index in [1.54, 1.807) is 14.2 Å². The largest absolute Gasteiger partial charge is 0.497 e. The van der Waals surface area contributed by atoms with E-state index in [4.69, 9.17) is 15.2 Å². The van der Waals surface area contributed by atoms with E-state index < -0.39 is 6.04 Å². The van der Waals surface area contributed by atoms with Crippen LogP contribution in [0.3, 0.4) is 0 Å². The highest BCUT2D eigenvalue weighted by Gasteiger charge is 2.15. The number of H-pyrrole nitrogens is 1. The average molecular weight is 310 g/mol. The summed E-state index contributed by atoms with van der Waals surface area (Å²) in [5.74, 6) is 2.75. The van der Waals surface area contributed by atoms with Crippen LogP contribution in [-0.4, -0.2) is 29.4 Å². The number of aromatic nitrogens is 3. The van der Waals surface area contributed by atoms with Gasteiger partial charge in [0.25, 0.3) is 0 Å². The van der Waals surface area contributed by atoms with Gasteiger partial charge in [-0.25, -0.2) is 4.98 Å². The van der Waals surface area contributed by atoms with E-state index in [-0.39, 0.29) is 0 Å². The molecule has 1 heterocycles. The zero-order valence-electron chi connectivity index (χ0n) is 13.0. The fraction of sp³-hybridized carbons (Fsp3) is 0.176. The van der Waals surface area contributed by atoms with Crippen LogP contribution in [0.5, 0.6) is 11.5 Å². The topological polar surface area (TPSA) is 86.0 Å². The van der Waals surface area contributed by atoms with E-state index >= 15 is 0 Å². The molecule has 0 saturated carbocycles. The summed E-state index contributed by atoms with van der Waals surface area (Å²) in [7, 11) is 3.26. The predicted octanol–water partition coefficient (Wildman–Crippen LogP) is 2.54.